The van der Waals surface area contributed by atoms with E-state index in [2.05, 4.69) is 16.0 Å². The lowest BCUT2D eigenvalue weighted by Gasteiger charge is -2.22. The van der Waals surface area contributed by atoms with E-state index in [4.69, 9.17) is 0 Å². The van der Waals surface area contributed by atoms with Crippen LogP contribution in [0.5, 0.6) is 0 Å². The Hall–Kier alpha value is -3.68. The highest BCUT2D eigenvalue weighted by Gasteiger charge is 2.55. The fourth-order valence-corrected chi connectivity index (χ4v) is 4.08. The molecule has 8 heteroatoms. The van der Waals surface area contributed by atoms with Crippen LogP contribution in [0.25, 0.3) is 0 Å². The lowest BCUT2D eigenvalue weighted by Crippen LogP contribution is -2.43. The molecule has 2 aromatic carbocycles. The van der Waals surface area contributed by atoms with E-state index in [1.807, 2.05) is 31.2 Å². The number of benzene rings is 2. The molecular formula is C22H22N4O4. The number of carbonyl (C=O) groups is 4. The summed E-state index contributed by atoms with van der Waals surface area (Å²) in [7, 11) is 0. The molecule has 30 heavy (non-hydrogen) atoms. The summed E-state index contributed by atoms with van der Waals surface area (Å²) in [6, 6.07) is 13.4. The molecule has 1 aliphatic carbocycles. The van der Waals surface area contributed by atoms with Crippen molar-refractivity contribution in [1.82, 2.24) is 15.5 Å². The van der Waals surface area contributed by atoms with Gasteiger partial charge >= 0.3 is 6.03 Å². The quantitative estimate of drug-likeness (QED) is 0.658. The van der Waals surface area contributed by atoms with Crippen LogP contribution >= 0.6 is 0 Å². The van der Waals surface area contributed by atoms with Crippen molar-refractivity contribution in [2.45, 2.75) is 25.3 Å². The van der Waals surface area contributed by atoms with E-state index >= 15 is 0 Å². The highest BCUT2D eigenvalue weighted by molar-refractivity contribution is 6.11. The van der Waals surface area contributed by atoms with Gasteiger partial charge in [0.05, 0.1) is 0 Å². The van der Waals surface area contributed by atoms with Gasteiger partial charge in [-0.2, -0.15) is 0 Å². The Balaban J connectivity index is 1.47. The third-order valence-corrected chi connectivity index (χ3v) is 5.47. The van der Waals surface area contributed by atoms with Crippen LogP contribution in [-0.2, 0) is 21.5 Å². The van der Waals surface area contributed by atoms with Crippen molar-refractivity contribution in [2.24, 2.45) is 0 Å². The van der Waals surface area contributed by atoms with Crippen molar-refractivity contribution in [1.29, 1.82) is 0 Å². The van der Waals surface area contributed by atoms with Gasteiger partial charge in [-0.25, -0.2) is 4.79 Å². The summed E-state index contributed by atoms with van der Waals surface area (Å²) in [6.07, 6.45) is 1.17. The number of amides is 5. The smallest absolute Gasteiger partial charge is 0.325 e. The van der Waals surface area contributed by atoms with Gasteiger partial charge in [0.25, 0.3) is 11.8 Å². The Morgan fingerprint density at radius 3 is 2.73 bits per heavy atom. The van der Waals surface area contributed by atoms with E-state index in [1.54, 1.807) is 24.3 Å². The first kappa shape index (κ1) is 19.6. The van der Waals surface area contributed by atoms with Crippen molar-refractivity contribution in [2.75, 3.05) is 18.4 Å². The van der Waals surface area contributed by atoms with Crippen LogP contribution in [0.4, 0.5) is 10.5 Å². The monoisotopic (exact) mass is 406 g/mol. The average Bonchev–Trinajstić information content (AvgIpc) is 3.22. The number of fused-ring (bicyclic) bond motifs is 2. The molecule has 8 nitrogen and oxygen atoms in total. The molecule has 0 unspecified atom stereocenters. The standard InChI is InChI=1S/C22H22N4O4/c1-2-23-19(28)15-7-5-8-16(12-15)24-18(27)13-26-20(29)22(25-21(26)30)11-10-14-6-3-4-9-17(14)22/h3-9,12H,2,10-11,13H2,1H3,(H,23,28)(H,24,27)(H,25,30)/t22-/m1/s1. The average molecular weight is 406 g/mol. The Kier molecular flexibility index (Phi) is 4.99. The predicted octanol–water partition coefficient (Wildman–Crippen LogP) is 1.77. The van der Waals surface area contributed by atoms with Crippen molar-refractivity contribution < 1.29 is 19.2 Å². The normalized spacial score (nSPS) is 19.6. The van der Waals surface area contributed by atoms with Crippen molar-refractivity contribution >= 4 is 29.4 Å². The molecule has 4 rings (SSSR count). The Labute approximate surface area is 173 Å². The number of hydrogen-bond donors (Lipinski definition) is 3. The second kappa shape index (κ2) is 7.62. The van der Waals surface area contributed by atoms with Gasteiger partial charge in [-0.05, 0) is 49.1 Å². The van der Waals surface area contributed by atoms with Gasteiger partial charge in [-0.1, -0.05) is 30.3 Å². The van der Waals surface area contributed by atoms with Crippen LogP contribution < -0.4 is 16.0 Å². The van der Waals surface area contributed by atoms with Crippen LogP contribution in [0.1, 0.15) is 34.8 Å². The molecule has 1 atom stereocenters. The van der Waals surface area contributed by atoms with Crippen LogP contribution in [0, 0.1) is 0 Å². The topological polar surface area (TPSA) is 108 Å². The molecule has 1 fully saturated rings. The maximum atomic E-state index is 13.1. The SMILES string of the molecule is CCNC(=O)c1cccc(NC(=O)CN2C(=O)N[C@@]3(CCc4ccccc43)C2=O)c1. The zero-order valence-corrected chi connectivity index (χ0v) is 16.5. The molecule has 3 N–H and O–H groups in total. The van der Waals surface area contributed by atoms with Gasteiger partial charge in [0.2, 0.25) is 5.91 Å². The second-order valence-electron chi connectivity index (χ2n) is 7.37. The molecule has 2 aliphatic rings. The molecule has 0 aromatic heterocycles. The molecule has 1 saturated heterocycles. The van der Waals surface area contributed by atoms with Gasteiger partial charge in [0, 0.05) is 17.8 Å². The Morgan fingerprint density at radius 2 is 1.93 bits per heavy atom. The van der Waals surface area contributed by atoms with Gasteiger partial charge in [-0.15, -0.1) is 0 Å². The molecular weight excluding hydrogens is 384 g/mol. The number of anilines is 1. The fourth-order valence-electron chi connectivity index (χ4n) is 4.08. The van der Waals surface area contributed by atoms with E-state index in [9.17, 15) is 19.2 Å². The summed E-state index contributed by atoms with van der Waals surface area (Å²) in [6.45, 7) is 1.91. The summed E-state index contributed by atoms with van der Waals surface area (Å²) in [5.74, 6) is -1.18. The first-order chi connectivity index (χ1) is 14.4. The number of nitrogens with one attached hydrogen (secondary N) is 3. The number of carbonyl (C=O) groups excluding carboxylic acids is 4. The van der Waals surface area contributed by atoms with Gasteiger partial charge < -0.3 is 16.0 Å². The van der Waals surface area contributed by atoms with E-state index in [0.29, 0.717) is 30.6 Å². The summed E-state index contributed by atoms with van der Waals surface area (Å²) < 4.78 is 0. The minimum absolute atomic E-state index is 0.246. The number of rotatable bonds is 5. The van der Waals surface area contributed by atoms with Gasteiger partial charge in [-0.3, -0.25) is 19.3 Å². The Bertz CT molecular complexity index is 1050. The van der Waals surface area contributed by atoms with Crippen LogP contribution in [0.3, 0.4) is 0 Å². The largest absolute Gasteiger partial charge is 0.352 e. The molecule has 1 heterocycles. The predicted molar refractivity (Wildman–Crippen MR) is 110 cm³/mol. The number of nitrogens with zero attached hydrogens (tertiary/aromatic N) is 1. The first-order valence-electron chi connectivity index (χ1n) is 9.85. The van der Waals surface area contributed by atoms with E-state index in [0.717, 1.165) is 16.0 Å². The van der Waals surface area contributed by atoms with Gasteiger partial charge in [0.15, 0.2) is 0 Å². The highest BCUT2D eigenvalue weighted by atomic mass is 16.2. The first-order valence-corrected chi connectivity index (χ1v) is 9.85. The third kappa shape index (κ3) is 3.30. The molecule has 1 aliphatic heterocycles. The lowest BCUT2D eigenvalue weighted by atomic mass is 9.92. The maximum Gasteiger partial charge on any atom is 0.325 e. The zero-order valence-electron chi connectivity index (χ0n) is 16.5. The number of imide groups is 1. The highest BCUT2D eigenvalue weighted by Crippen LogP contribution is 2.41. The van der Waals surface area contributed by atoms with E-state index < -0.39 is 29.9 Å². The zero-order chi connectivity index (χ0) is 21.3. The molecule has 0 radical (unpaired) electrons. The number of hydrogen-bond acceptors (Lipinski definition) is 4. The van der Waals surface area contributed by atoms with E-state index in [-0.39, 0.29) is 5.91 Å². The van der Waals surface area contributed by atoms with Crippen LogP contribution in [0.15, 0.2) is 48.5 Å². The molecule has 5 amide bonds. The molecule has 2 aromatic rings. The number of aryl methyl sites for hydroxylation is 1. The summed E-state index contributed by atoms with van der Waals surface area (Å²) in [5, 5.41) is 8.14. The molecule has 0 saturated carbocycles. The second-order valence-corrected chi connectivity index (χ2v) is 7.37. The molecule has 0 bridgehead atoms. The Morgan fingerprint density at radius 1 is 1.13 bits per heavy atom. The maximum absolute atomic E-state index is 13.1. The lowest BCUT2D eigenvalue weighted by molar-refractivity contribution is -0.134. The minimum Gasteiger partial charge on any atom is -0.352 e. The van der Waals surface area contributed by atoms with Crippen LogP contribution in [-0.4, -0.2) is 41.7 Å². The summed E-state index contributed by atoms with van der Waals surface area (Å²) in [5.41, 5.74) is 1.55. The van der Waals surface area contributed by atoms with Gasteiger partial charge in [0.1, 0.15) is 12.1 Å². The molecule has 154 valence electrons. The van der Waals surface area contributed by atoms with Crippen molar-refractivity contribution in [3.63, 3.8) is 0 Å². The molecule has 1 spiro atoms. The number of urea groups is 1. The fraction of sp³-hybridized carbons (Fsp3) is 0.273. The minimum atomic E-state index is -1.09. The van der Waals surface area contributed by atoms with Crippen LogP contribution in [0.2, 0.25) is 0 Å². The van der Waals surface area contributed by atoms with Crippen molar-refractivity contribution in [3.8, 4) is 0 Å². The third-order valence-electron chi connectivity index (χ3n) is 5.47. The summed E-state index contributed by atoms with van der Waals surface area (Å²) in [4.78, 5) is 51.1. The summed E-state index contributed by atoms with van der Waals surface area (Å²) >= 11 is 0. The van der Waals surface area contributed by atoms with Crippen molar-refractivity contribution in [3.05, 3.63) is 65.2 Å². The van der Waals surface area contributed by atoms with E-state index in [1.165, 1.54) is 0 Å².